The molecule has 0 atom stereocenters. The fourth-order valence-corrected chi connectivity index (χ4v) is 2.07. The maximum atomic E-state index is 6.00. The Kier molecular flexibility index (Phi) is 4.34. The largest absolute Gasteiger partial charge is 0.484 e. The molecule has 0 saturated carbocycles. The molecule has 2 rings (SSSR count). The molecule has 0 aliphatic heterocycles. The maximum absolute atomic E-state index is 6.00. The minimum Gasteiger partial charge on any atom is -0.484 e. The molecule has 0 spiro atoms. The standard InChI is InChI=1S/C12H10Cl3N3O/c1-6-2-11(16)18-12(17-6)5-19-10-4-8(14)7(13)3-9(10)15/h2-4H,5H2,1H3,(H2,16,17,18). The number of halogens is 3. The fraction of sp³-hybridized carbons (Fsp3) is 0.167. The number of hydrogen-bond donors (Lipinski definition) is 1. The molecule has 0 aliphatic carbocycles. The molecule has 2 N–H and O–H groups in total. The van der Waals surface area contributed by atoms with Crippen LogP contribution in [0.4, 0.5) is 5.82 Å². The van der Waals surface area contributed by atoms with Crippen LogP contribution < -0.4 is 10.5 Å². The Labute approximate surface area is 125 Å². The van der Waals surface area contributed by atoms with Crippen molar-refractivity contribution < 1.29 is 4.74 Å². The summed E-state index contributed by atoms with van der Waals surface area (Å²) in [5.74, 6) is 1.28. The molecule has 1 aromatic carbocycles. The zero-order chi connectivity index (χ0) is 14.0. The molecule has 0 radical (unpaired) electrons. The van der Waals surface area contributed by atoms with Crippen molar-refractivity contribution in [2.45, 2.75) is 13.5 Å². The number of aryl methyl sites for hydroxylation is 1. The van der Waals surface area contributed by atoms with Crippen molar-refractivity contribution in [3.63, 3.8) is 0 Å². The van der Waals surface area contributed by atoms with Gasteiger partial charge in [0.1, 0.15) is 18.2 Å². The van der Waals surface area contributed by atoms with Crippen LogP contribution in [-0.2, 0) is 6.61 Å². The van der Waals surface area contributed by atoms with Crippen molar-refractivity contribution in [3.8, 4) is 5.75 Å². The Balaban J connectivity index is 2.16. The highest BCUT2D eigenvalue weighted by Gasteiger charge is 2.08. The second kappa shape index (κ2) is 5.82. The number of nitrogens with zero attached hydrogens (tertiary/aromatic N) is 2. The van der Waals surface area contributed by atoms with Crippen LogP contribution in [0.2, 0.25) is 15.1 Å². The average molecular weight is 319 g/mol. The SMILES string of the molecule is Cc1cc(N)nc(COc2cc(Cl)c(Cl)cc2Cl)n1. The van der Waals surface area contributed by atoms with Gasteiger partial charge in [-0.3, -0.25) is 0 Å². The quantitative estimate of drug-likeness (QED) is 0.872. The number of ether oxygens (including phenoxy) is 1. The van der Waals surface area contributed by atoms with Gasteiger partial charge in [-0.2, -0.15) is 0 Å². The van der Waals surface area contributed by atoms with Gasteiger partial charge in [-0.25, -0.2) is 9.97 Å². The van der Waals surface area contributed by atoms with Crippen LogP contribution in [0.25, 0.3) is 0 Å². The summed E-state index contributed by atoms with van der Waals surface area (Å²) in [4.78, 5) is 8.26. The average Bonchev–Trinajstić information content (AvgIpc) is 2.31. The van der Waals surface area contributed by atoms with E-state index in [1.54, 1.807) is 12.1 Å². The minimum absolute atomic E-state index is 0.142. The monoisotopic (exact) mass is 317 g/mol. The fourth-order valence-electron chi connectivity index (χ4n) is 1.48. The molecule has 0 bridgehead atoms. The zero-order valence-electron chi connectivity index (χ0n) is 9.95. The van der Waals surface area contributed by atoms with Gasteiger partial charge < -0.3 is 10.5 Å². The topological polar surface area (TPSA) is 61.0 Å². The Morgan fingerprint density at radius 1 is 1.05 bits per heavy atom. The van der Waals surface area contributed by atoms with E-state index in [1.165, 1.54) is 6.07 Å². The van der Waals surface area contributed by atoms with Gasteiger partial charge in [-0.05, 0) is 13.0 Å². The normalized spacial score (nSPS) is 10.5. The van der Waals surface area contributed by atoms with Crippen LogP contribution >= 0.6 is 34.8 Å². The highest BCUT2D eigenvalue weighted by Crippen LogP contribution is 2.34. The molecule has 100 valence electrons. The first-order valence-corrected chi connectivity index (χ1v) is 6.46. The molecular weight excluding hydrogens is 309 g/mol. The van der Waals surface area contributed by atoms with Gasteiger partial charge in [-0.15, -0.1) is 0 Å². The third-order valence-corrected chi connectivity index (χ3v) is 3.27. The van der Waals surface area contributed by atoms with E-state index in [9.17, 15) is 0 Å². The van der Waals surface area contributed by atoms with E-state index in [-0.39, 0.29) is 6.61 Å². The Morgan fingerprint density at radius 2 is 1.74 bits per heavy atom. The molecule has 0 amide bonds. The lowest BCUT2D eigenvalue weighted by Gasteiger charge is -2.09. The molecule has 0 fully saturated rings. The van der Waals surface area contributed by atoms with Gasteiger partial charge in [0, 0.05) is 17.8 Å². The number of nitrogen functional groups attached to an aromatic ring is 1. The van der Waals surface area contributed by atoms with Crippen molar-refractivity contribution >= 4 is 40.6 Å². The molecular formula is C12H10Cl3N3O. The van der Waals surface area contributed by atoms with E-state index in [0.717, 1.165) is 5.69 Å². The lowest BCUT2D eigenvalue weighted by Crippen LogP contribution is -2.05. The van der Waals surface area contributed by atoms with Crippen molar-refractivity contribution in [2.24, 2.45) is 0 Å². The lowest BCUT2D eigenvalue weighted by molar-refractivity contribution is 0.296. The Bertz CT molecular complexity index is 599. The summed E-state index contributed by atoms with van der Waals surface area (Å²) in [6, 6.07) is 4.74. The maximum Gasteiger partial charge on any atom is 0.168 e. The zero-order valence-corrected chi connectivity index (χ0v) is 12.2. The molecule has 1 heterocycles. The summed E-state index contributed by atoms with van der Waals surface area (Å²) in [7, 11) is 0. The first-order chi connectivity index (χ1) is 8.95. The molecule has 0 aliphatic rings. The first kappa shape index (κ1) is 14.2. The number of rotatable bonds is 3. The predicted molar refractivity (Wildman–Crippen MR) is 77.0 cm³/mol. The third-order valence-electron chi connectivity index (χ3n) is 2.25. The summed E-state index contributed by atoms with van der Waals surface area (Å²) in [6.45, 7) is 1.97. The first-order valence-electron chi connectivity index (χ1n) is 5.33. The summed E-state index contributed by atoms with van der Waals surface area (Å²) >= 11 is 17.7. The molecule has 19 heavy (non-hydrogen) atoms. The smallest absolute Gasteiger partial charge is 0.168 e. The molecule has 0 unspecified atom stereocenters. The van der Waals surface area contributed by atoms with Crippen LogP contribution in [0, 0.1) is 6.92 Å². The van der Waals surface area contributed by atoms with E-state index in [1.807, 2.05) is 6.92 Å². The van der Waals surface area contributed by atoms with Gasteiger partial charge >= 0.3 is 0 Å². The summed E-state index contributed by atoms with van der Waals surface area (Å²) in [6.07, 6.45) is 0. The minimum atomic E-state index is 0.142. The van der Waals surface area contributed by atoms with Crippen molar-refractivity contribution in [1.29, 1.82) is 0 Å². The molecule has 2 aromatic rings. The third kappa shape index (κ3) is 3.62. The van der Waals surface area contributed by atoms with Crippen molar-refractivity contribution in [3.05, 3.63) is 44.8 Å². The second-order valence-corrected chi connectivity index (χ2v) is 5.06. The lowest BCUT2D eigenvalue weighted by atomic mass is 10.3. The highest BCUT2D eigenvalue weighted by atomic mass is 35.5. The number of hydrogen-bond acceptors (Lipinski definition) is 4. The molecule has 1 aromatic heterocycles. The van der Waals surface area contributed by atoms with E-state index in [0.29, 0.717) is 32.5 Å². The van der Waals surface area contributed by atoms with Gasteiger partial charge in [-0.1, -0.05) is 34.8 Å². The number of benzene rings is 1. The summed E-state index contributed by atoms with van der Waals surface area (Å²) in [5.41, 5.74) is 6.40. The number of aromatic nitrogens is 2. The number of anilines is 1. The number of nitrogens with two attached hydrogens (primary N) is 1. The van der Waals surface area contributed by atoms with Gasteiger partial charge in [0.15, 0.2) is 5.82 Å². The van der Waals surface area contributed by atoms with E-state index >= 15 is 0 Å². The summed E-state index contributed by atoms with van der Waals surface area (Å²) in [5, 5.41) is 1.11. The van der Waals surface area contributed by atoms with Gasteiger partial charge in [0.05, 0.1) is 15.1 Å². The van der Waals surface area contributed by atoms with Crippen molar-refractivity contribution in [2.75, 3.05) is 5.73 Å². The van der Waals surface area contributed by atoms with Gasteiger partial charge in [0.2, 0.25) is 0 Å². The van der Waals surface area contributed by atoms with Crippen LogP contribution in [0.1, 0.15) is 11.5 Å². The highest BCUT2D eigenvalue weighted by molar-refractivity contribution is 6.43. The second-order valence-electron chi connectivity index (χ2n) is 3.84. The Hall–Kier alpha value is -1.23. The van der Waals surface area contributed by atoms with Crippen LogP contribution in [0.5, 0.6) is 5.75 Å². The van der Waals surface area contributed by atoms with Gasteiger partial charge in [0.25, 0.3) is 0 Å². The predicted octanol–water partition coefficient (Wildman–Crippen LogP) is 3.91. The van der Waals surface area contributed by atoms with Crippen molar-refractivity contribution in [1.82, 2.24) is 9.97 Å². The van der Waals surface area contributed by atoms with Crippen LogP contribution in [-0.4, -0.2) is 9.97 Å². The molecule has 0 saturated heterocycles. The molecule has 7 heteroatoms. The van der Waals surface area contributed by atoms with E-state index in [2.05, 4.69) is 9.97 Å². The Morgan fingerprint density at radius 3 is 2.42 bits per heavy atom. The van der Waals surface area contributed by atoms with E-state index in [4.69, 9.17) is 45.3 Å². The van der Waals surface area contributed by atoms with E-state index < -0.39 is 0 Å². The van der Waals surface area contributed by atoms with Crippen LogP contribution in [0.3, 0.4) is 0 Å². The van der Waals surface area contributed by atoms with Crippen LogP contribution in [0.15, 0.2) is 18.2 Å². The molecule has 4 nitrogen and oxygen atoms in total. The summed E-state index contributed by atoms with van der Waals surface area (Å²) < 4.78 is 5.51.